The standard InChI is InChI=1S/C20H15N3O2S/c24-18-20(15-8-3-1-4-9-15,16-10-5-2-6-11-16)26-19(22-18)23-21-14-17-12-7-13-25-17/h1-14H,(H,22,23,24)/b21-14-. The second kappa shape index (κ2) is 7.01. The van der Waals surface area contributed by atoms with Gasteiger partial charge in [0.15, 0.2) is 9.91 Å². The zero-order valence-electron chi connectivity index (χ0n) is 13.7. The first-order chi connectivity index (χ1) is 12.8. The molecule has 1 N–H and O–H groups in total. The molecule has 0 aliphatic carbocycles. The van der Waals surface area contributed by atoms with Crippen LogP contribution in [0.5, 0.6) is 0 Å². The summed E-state index contributed by atoms with van der Waals surface area (Å²) in [6.45, 7) is 0. The van der Waals surface area contributed by atoms with Crippen molar-refractivity contribution in [2.75, 3.05) is 0 Å². The number of thioether (sulfide) groups is 1. The summed E-state index contributed by atoms with van der Waals surface area (Å²) in [6, 6.07) is 22.9. The molecular formula is C20H15N3O2S. The minimum Gasteiger partial charge on any atom is -0.463 e. The summed E-state index contributed by atoms with van der Waals surface area (Å²) in [4.78, 5) is 13.0. The average Bonchev–Trinajstić information content (AvgIpc) is 3.32. The lowest BCUT2D eigenvalue weighted by Gasteiger charge is -2.25. The van der Waals surface area contributed by atoms with Gasteiger partial charge in [0.25, 0.3) is 5.91 Å². The van der Waals surface area contributed by atoms with Crippen molar-refractivity contribution in [3.63, 3.8) is 0 Å². The zero-order chi connectivity index (χ0) is 17.8. The van der Waals surface area contributed by atoms with Gasteiger partial charge in [-0.25, -0.2) is 0 Å². The Kier molecular flexibility index (Phi) is 4.41. The summed E-state index contributed by atoms with van der Waals surface area (Å²) in [5, 5.41) is 11.5. The lowest BCUT2D eigenvalue weighted by molar-refractivity contribution is -0.120. The highest BCUT2D eigenvalue weighted by atomic mass is 32.2. The molecule has 1 aromatic heterocycles. The number of nitrogens with zero attached hydrogens (tertiary/aromatic N) is 2. The van der Waals surface area contributed by atoms with E-state index in [2.05, 4.69) is 15.5 Å². The number of amides is 1. The van der Waals surface area contributed by atoms with Crippen molar-refractivity contribution in [1.82, 2.24) is 5.32 Å². The third-order valence-electron chi connectivity index (χ3n) is 4.03. The van der Waals surface area contributed by atoms with Gasteiger partial charge in [-0.2, -0.15) is 5.10 Å². The molecule has 128 valence electrons. The molecule has 26 heavy (non-hydrogen) atoms. The molecule has 6 heteroatoms. The molecule has 0 radical (unpaired) electrons. The summed E-state index contributed by atoms with van der Waals surface area (Å²) in [6.07, 6.45) is 3.07. The molecule has 1 aliphatic rings. The Morgan fingerprint density at radius 1 is 0.923 bits per heavy atom. The number of rotatable bonds is 4. The molecule has 1 fully saturated rings. The number of furan rings is 1. The van der Waals surface area contributed by atoms with Crippen LogP contribution >= 0.6 is 11.8 Å². The minimum atomic E-state index is -0.887. The maximum absolute atomic E-state index is 13.0. The Morgan fingerprint density at radius 3 is 2.15 bits per heavy atom. The van der Waals surface area contributed by atoms with E-state index in [-0.39, 0.29) is 5.91 Å². The van der Waals surface area contributed by atoms with Crippen LogP contribution in [0.25, 0.3) is 0 Å². The summed E-state index contributed by atoms with van der Waals surface area (Å²) in [7, 11) is 0. The van der Waals surface area contributed by atoms with Gasteiger partial charge >= 0.3 is 0 Å². The Labute approximate surface area is 154 Å². The van der Waals surface area contributed by atoms with Gasteiger partial charge in [-0.1, -0.05) is 72.4 Å². The van der Waals surface area contributed by atoms with Crippen LogP contribution in [0.4, 0.5) is 0 Å². The van der Waals surface area contributed by atoms with Crippen LogP contribution in [-0.2, 0) is 9.54 Å². The van der Waals surface area contributed by atoms with Gasteiger partial charge in [-0.05, 0) is 23.3 Å². The monoisotopic (exact) mass is 361 g/mol. The molecule has 0 saturated carbocycles. The molecule has 0 bridgehead atoms. The molecule has 0 unspecified atom stereocenters. The quantitative estimate of drug-likeness (QED) is 0.568. The topological polar surface area (TPSA) is 67.0 Å². The zero-order valence-corrected chi connectivity index (χ0v) is 14.5. The smallest absolute Gasteiger partial charge is 0.251 e. The van der Waals surface area contributed by atoms with Crippen molar-refractivity contribution in [1.29, 1.82) is 0 Å². The first-order valence-corrected chi connectivity index (χ1v) is 8.87. The summed E-state index contributed by atoms with van der Waals surface area (Å²) < 4.78 is 4.30. The van der Waals surface area contributed by atoms with Crippen molar-refractivity contribution in [2.24, 2.45) is 10.2 Å². The number of carbonyl (C=O) groups excluding carboxylic acids is 1. The van der Waals surface area contributed by atoms with E-state index in [0.29, 0.717) is 10.9 Å². The van der Waals surface area contributed by atoms with Crippen LogP contribution in [0.3, 0.4) is 0 Å². The average molecular weight is 361 g/mol. The van der Waals surface area contributed by atoms with Crippen molar-refractivity contribution in [3.8, 4) is 0 Å². The Hall–Kier alpha value is -3.12. The van der Waals surface area contributed by atoms with Crippen LogP contribution in [0, 0.1) is 0 Å². The largest absolute Gasteiger partial charge is 0.463 e. The maximum atomic E-state index is 13.0. The number of carbonyl (C=O) groups is 1. The van der Waals surface area contributed by atoms with Gasteiger partial charge < -0.3 is 9.73 Å². The Bertz CT molecular complexity index is 912. The van der Waals surface area contributed by atoms with Gasteiger partial charge in [-0.15, -0.1) is 5.10 Å². The number of hydrogen-bond acceptors (Lipinski definition) is 5. The number of benzene rings is 2. The van der Waals surface area contributed by atoms with Crippen LogP contribution in [0.15, 0.2) is 93.7 Å². The molecule has 1 amide bonds. The van der Waals surface area contributed by atoms with E-state index in [9.17, 15) is 4.79 Å². The third-order valence-corrected chi connectivity index (χ3v) is 5.37. The molecule has 2 aromatic carbocycles. The van der Waals surface area contributed by atoms with E-state index in [0.717, 1.165) is 11.1 Å². The molecule has 0 spiro atoms. The highest BCUT2D eigenvalue weighted by Crippen LogP contribution is 2.46. The van der Waals surface area contributed by atoms with Gasteiger partial charge in [0.05, 0.1) is 12.5 Å². The highest BCUT2D eigenvalue weighted by Gasteiger charge is 2.49. The fourth-order valence-electron chi connectivity index (χ4n) is 2.84. The van der Waals surface area contributed by atoms with E-state index >= 15 is 0 Å². The molecule has 2 heterocycles. The second-order valence-electron chi connectivity index (χ2n) is 5.63. The van der Waals surface area contributed by atoms with Crippen molar-refractivity contribution >= 4 is 29.1 Å². The number of amidine groups is 1. The lowest BCUT2D eigenvalue weighted by atomic mass is 9.89. The first kappa shape index (κ1) is 16.4. The van der Waals surface area contributed by atoms with Crippen molar-refractivity contribution < 1.29 is 9.21 Å². The molecule has 5 nitrogen and oxygen atoms in total. The third kappa shape index (κ3) is 2.95. The van der Waals surface area contributed by atoms with Gasteiger partial charge in [-0.3, -0.25) is 4.79 Å². The fourth-order valence-corrected chi connectivity index (χ4v) is 4.02. The normalized spacial score (nSPS) is 17.7. The van der Waals surface area contributed by atoms with Crippen LogP contribution in [-0.4, -0.2) is 17.3 Å². The fraction of sp³-hybridized carbons (Fsp3) is 0.0500. The summed E-state index contributed by atoms with van der Waals surface area (Å²) >= 11 is 1.35. The molecule has 0 atom stereocenters. The van der Waals surface area contributed by atoms with Gasteiger partial charge in [0.2, 0.25) is 0 Å². The van der Waals surface area contributed by atoms with E-state index in [1.165, 1.54) is 18.0 Å². The lowest BCUT2D eigenvalue weighted by Crippen LogP contribution is -2.35. The molecule has 3 aromatic rings. The maximum Gasteiger partial charge on any atom is 0.251 e. The predicted molar refractivity (Wildman–Crippen MR) is 103 cm³/mol. The van der Waals surface area contributed by atoms with E-state index in [1.807, 2.05) is 60.7 Å². The highest BCUT2D eigenvalue weighted by molar-refractivity contribution is 8.16. The van der Waals surface area contributed by atoms with Crippen LogP contribution in [0.2, 0.25) is 0 Å². The van der Waals surface area contributed by atoms with Crippen molar-refractivity contribution in [3.05, 3.63) is 95.9 Å². The van der Waals surface area contributed by atoms with Gasteiger partial charge in [0.1, 0.15) is 5.76 Å². The second-order valence-corrected chi connectivity index (χ2v) is 6.84. The molecule has 1 aliphatic heterocycles. The van der Waals surface area contributed by atoms with Crippen molar-refractivity contribution in [2.45, 2.75) is 4.75 Å². The summed E-state index contributed by atoms with van der Waals surface area (Å²) in [5.74, 6) is 0.466. The SMILES string of the molecule is O=C1N/C(=N\N=C/c2ccco2)SC1(c1ccccc1)c1ccccc1. The van der Waals surface area contributed by atoms with Gasteiger partial charge in [0, 0.05) is 0 Å². The first-order valence-electron chi connectivity index (χ1n) is 8.05. The molecule has 4 rings (SSSR count). The van der Waals surface area contributed by atoms with E-state index in [4.69, 9.17) is 4.42 Å². The number of nitrogens with one attached hydrogen (secondary N) is 1. The number of hydrogen-bond donors (Lipinski definition) is 1. The summed E-state index contributed by atoms with van der Waals surface area (Å²) in [5.41, 5.74) is 1.79. The van der Waals surface area contributed by atoms with E-state index < -0.39 is 4.75 Å². The predicted octanol–water partition coefficient (Wildman–Crippen LogP) is 3.78. The molecule has 1 saturated heterocycles. The van der Waals surface area contributed by atoms with Crippen LogP contribution < -0.4 is 5.32 Å². The van der Waals surface area contributed by atoms with Crippen LogP contribution in [0.1, 0.15) is 16.9 Å². The molecular weight excluding hydrogens is 346 g/mol. The van der Waals surface area contributed by atoms with E-state index in [1.54, 1.807) is 18.4 Å². The Morgan fingerprint density at radius 2 is 1.58 bits per heavy atom. The Balaban J connectivity index is 1.72. The minimum absolute atomic E-state index is 0.133.